The number of carbonyl (C=O) groups excluding carboxylic acids is 2. The number of anilines is 2. The number of amides is 2. The molecule has 1 N–H and O–H groups in total. The molecule has 2 aromatic carbocycles. The number of imidazole rings is 1. The molecule has 0 aliphatic carbocycles. The predicted octanol–water partition coefficient (Wildman–Crippen LogP) is 4.00. The number of nitrogens with zero attached hydrogens (tertiary/aromatic N) is 3. The van der Waals surface area contributed by atoms with Gasteiger partial charge in [0.1, 0.15) is 11.4 Å². The van der Waals surface area contributed by atoms with Gasteiger partial charge < -0.3 is 19.4 Å². The van der Waals surface area contributed by atoms with Crippen molar-refractivity contribution < 1.29 is 14.3 Å². The molecule has 0 radical (unpaired) electrons. The molecular weight excluding hydrogens is 404 g/mol. The average molecular weight is 426 g/mol. The van der Waals surface area contributed by atoms with Crippen molar-refractivity contribution in [3.05, 3.63) is 79.1 Å². The molecule has 1 atom stereocenters. The lowest BCUT2D eigenvalue weighted by Gasteiger charge is -2.17. The van der Waals surface area contributed by atoms with Gasteiger partial charge in [0.05, 0.1) is 18.7 Å². The van der Waals surface area contributed by atoms with Crippen LogP contribution in [0.4, 0.5) is 11.4 Å². The molecule has 3 heterocycles. The predicted molar refractivity (Wildman–Crippen MR) is 123 cm³/mol. The van der Waals surface area contributed by atoms with E-state index in [-0.39, 0.29) is 18.2 Å². The molecule has 1 aliphatic rings. The zero-order valence-electron chi connectivity index (χ0n) is 17.6. The Morgan fingerprint density at radius 1 is 1.09 bits per heavy atom. The van der Waals surface area contributed by atoms with Crippen molar-refractivity contribution in [2.24, 2.45) is 5.92 Å². The number of rotatable bonds is 5. The number of ether oxygens (including phenoxy) is 1. The molecule has 4 aromatic rings. The number of hydrogen-bond acceptors (Lipinski definition) is 4. The standard InChI is InChI=1S/C25H22N4O3/c1-32-21-10-8-20(9-11-21)29-15-18(14-24(29)30)25(31)26-19-6-4-5-17(13-19)22-16-28-12-3-2-7-23(28)27-22/h2-13,16,18H,14-15H2,1H3,(H,26,31)/t18-/m0/s1. The summed E-state index contributed by atoms with van der Waals surface area (Å²) in [7, 11) is 1.60. The van der Waals surface area contributed by atoms with Crippen molar-refractivity contribution in [1.82, 2.24) is 9.38 Å². The Kier molecular flexibility index (Phi) is 5.07. The summed E-state index contributed by atoms with van der Waals surface area (Å²) in [5.74, 6) is 0.0823. The molecular formula is C25H22N4O3. The van der Waals surface area contributed by atoms with Crippen molar-refractivity contribution in [3.63, 3.8) is 0 Å². The van der Waals surface area contributed by atoms with Crippen LogP contribution in [0.1, 0.15) is 6.42 Å². The first kappa shape index (κ1) is 19.8. The number of carbonyl (C=O) groups is 2. The van der Waals surface area contributed by atoms with Gasteiger partial charge in [0.2, 0.25) is 11.8 Å². The van der Waals surface area contributed by atoms with E-state index in [4.69, 9.17) is 4.74 Å². The highest BCUT2D eigenvalue weighted by atomic mass is 16.5. The van der Waals surface area contributed by atoms with Gasteiger partial charge in [-0.1, -0.05) is 18.2 Å². The second-order valence-electron chi connectivity index (χ2n) is 7.77. The third kappa shape index (κ3) is 3.80. The molecule has 160 valence electrons. The number of aromatic nitrogens is 2. The molecule has 5 rings (SSSR count). The Bertz CT molecular complexity index is 1260. The third-order valence-corrected chi connectivity index (χ3v) is 5.67. The van der Waals surface area contributed by atoms with Gasteiger partial charge in [0.25, 0.3) is 0 Å². The molecule has 2 amide bonds. The number of methoxy groups -OCH3 is 1. The molecule has 0 unspecified atom stereocenters. The first-order chi connectivity index (χ1) is 15.6. The fourth-order valence-electron chi connectivity index (χ4n) is 3.97. The van der Waals surface area contributed by atoms with E-state index in [0.29, 0.717) is 12.2 Å². The first-order valence-corrected chi connectivity index (χ1v) is 10.4. The highest BCUT2D eigenvalue weighted by molar-refractivity contribution is 6.03. The fourth-order valence-corrected chi connectivity index (χ4v) is 3.97. The monoisotopic (exact) mass is 426 g/mol. The van der Waals surface area contributed by atoms with Crippen molar-refractivity contribution in [2.45, 2.75) is 6.42 Å². The van der Waals surface area contributed by atoms with Gasteiger partial charge in [0.15, 0.2) is 0 Å². The Morgan fingerprint density at radius 2 is 1.94 bits per heavy atom. The van der Waals surface area contributed by atoms with Gasteiger partial charge in [-0.25, -0.2) is 4.98 Å². The number of nitrogens with one attached hydrogen (secondary N) is 1. The molecule has 1 saturated heterocycles. The largest absolute Gasteiger partial charge is 0.497 e. The van der Waals surface area contributed by atoms with Crippen LogP contribution in [-0.4, -0.2) is 34.9 Å². The van der Waals surface area contributed by atoms with Crippen molar-refractivity contribution >= 4 is 28.8 Å². The minimum Gasteiger partial charge on any atom is -0.497 e. The topological polar surface area (TPSA) is 75.9 Å². The third-order valence-electron chi connectivity index (χ3n) is 5.67. The van der Waals surface area contributed by atoms with Gasteiger partial charge in [-0.15, -0.1) is 0 Å². The van der Waals surface area contributed by atoms with Crippen LogP contribution in [0.5, 0.6) is 5.75 Å². The van der Waals surface area contributed by atoms with Gasteiger partial charge in [0, 0.05) is 42.3 Å². The maximum atomic E-state index is 12.9. The Labute approximate surface area is 185 Å². The summed E-state index contributed by atoms with van der Waals surface area (Å²) in [5.41, 5.74) is 4.04. The SMILES string of the molecule is COc1ccc(N2C[C@@H](C(=O)Nc3cccc(-c4cn5ccccc5n4)c3)CC2=O)cc1. The van der Waals surface area contributed by atoms with E-state index in [1.54, 1.807) is 24.1 Å². The van der Waals surface area contributed by atoms with Crippen LogP contribution in [0.25, 0.3) is 16.9 Å². The zero-order valence-corrected chi connectivity index (χ0v) is 17.6. The van der Waals surface area contributed by atoms with E-state index in [9.17, 15) is 9.59 Å². The summed E-state index contributed by atoms with van der Waals surface area (Å²) in [6.45, 7) is 0.350. The number of benzene rings is 2. The van der Waals surface area contributed by atoms with Gasteiger partial charge >= 0.3 is 0 Å². The number of hydrogen-bond donors (Lipinski definition) is 1. The molecule has 2 aromatic heterocycles. The fraction of sp³-hybridized carbons (Fsp3) is 0.160. The van der Waals surface area contributed by atoms with Crippen molar-refractivity contribution in [1.29, 1.82) is 0 Å². The molecule has 7 heteroatoms. The molecule has 1 fully saturated rings. The van der Waals surface area contributed by atoms with E-state index >= 15 is 0 Å². The first-order valence-electron chi connectivity index (χ1n) is 10.4. The summed E-state index contributed by atoms with van der Waals surface area (Å²) in [4.78, 5) is 31.7. The van der Waals surface area contributed by atoms with E-state index in [0.717, 1.165) is 28.3 Å². The lowest BCUT2D eigenvalue weighted by molar-refractivity contribution is -0.122. The Hall–Kier alpha value is -4.13. The number of fused-ring (bicyclic) bond motifs is 1. The van der Waals surface area contributed by atoms with Crippen LogP contribution in [0.15, 0.2) is 79.1 Å². The van der Waals surface area contributed by atoms with E-state index in [2.05, 4.69) is 10.3 Å². The second-order valence-corrected chi connectivity index (χ2v) is 7.77. The normalized spacial score (nSPS) is 15.8. The minimum absolute atomic E-state index is 0.0613. The van der Waals surface area contributed by atoms with E-state index in [1.807, 2.05) is 71.4 Å². The maximum Gasteiger partial charge on any atom is 0.229 e. The van der Waals surface area contributed by atoms with E-state index in [1.165, 1.54) is 0 Å². The summed E-state index contributed by atoms with van der Waals surface area (Å²) in [6.07, 6.45) is 4.09. The maximum absolute atomic E-state index is 12.9. The van der Waals surface area contributed by atoms with Crippen molar-refractivity contribution in [2.75, 3.05) is 23.9 Å². The molecule has 0 saturated carbocycles. The molecule has 1 aliphatic heterocycles. The summed E-state index contributed by atoms with van der Waals surface area (Å²) >= 11 is 0. The smallest absolute Gasteiger partial charge is 0.229 e. The summed E-state index contributed by atoms with van der Waals surface area (Å²) in [5, 5.41) is 2.97. The minimum atomic E-state index is -0.413. The van der Waals surface area contributed by atoms with Crippen LogP contribution in [0.3, 0.4) is 0 Å². The Balaban J connectivity index is 1.29. The highest BCUT2D eigenvalue weighted by Crippen LogP contribution is 2.28. The van der Waals surface area contributed by atoms with Crippen LogP contribution in [0.2, 0.25) is 0 Å². The van der Waals surface area contributed by atoms with Gasteiger partial charge in [-0.05, 0) is 48.5 Å². The van der Waals surface area contributed by atoms with Crippen molar-refractivity contribution in [3.8, 4) is 17.0 Å². The molecule has 0 bridgehead atoms. The van der Waals surface area contributed by atoms with E-state index < -0.39 is 5.92 Å². The van der Waals surface area contributed by atoms with Gasteiger partial charge in [-0.2, -0.15) is 0 Å². The second kappa shape index (κ2) is 8.19. The molecule has 7 nitrogen and oxygen atoms in total. The lowest BCUT2D eigenvalue weighted by Crippen LogP contribution is -2.28. The molecule has 32 heavy (non-hydrogen) atoms. The summed E-state index contributed by atoms with van der Waals surface area (Å²) in [6, 6.07) is 20.7. The Morgan fingerprint density at radius 3 is 2.72 bits per heavy atom. The van der Waals surface area contributed by atoms with Gasteiger partial charge in [-0.3, -0.25) is 9.59 Å². The number of pyridine rings is 1. The quantitative estimate of drug-likeness (QED) is 0.523. The average Bonchev–Trinajstić information content (AvgIpc) is 3.43. The van der Waals surface area contributed by atoms with Crippen LogP contribution in [-0.2, 0) is 9.59 Å². The summed E-state index contributed by atoms with van der Waals surface area (Å²) < 4.78 is 7.13. The lowest BCUT2D eigenvalue weighted by atomic mass is 10.1. The highest BCUT2D eigenvalue weighted by Gasteiger charge is 2.35. The van der Waals surface area contributed by atoms with Crippen LogP contribution in [0, 0.1) is 5.92 Å². The van der Waals surface area contributed by atoms with Crippen LogP contribution >= 0.6 is 0 Å². The van der Waals surface area contributed by atoms with Crippen LogP contribution < -0.4 is 15.0 Å². The molecule has 0 spiro atoms. The zero-order chi connectivity index (χ0) is 22.1.